The van der Waals surface area contributed by atoms with E-state index in [1.807, 2.05) is 20.8 Å². The molecule has 1 rings (SSSR count). The van der Waals surface area contributed by atoms with E-state index >= 15 is 0 Å². The normalized spacial score (nSPS) is 14.3. The smallest absolute Gasteiger partial charge is 0.226 e. The van der Waals surface area contributed by atoms with Gasteiger partial charge in [-0.3, -0.25) is 0 Å². The van der Waals surface area contributed by atoms with E-state index in [9.17, 15) is 5.11 Å². The number of aromatic nitrogens is 2. The molecule has 0 amide bonds. The summed E-state index contributed by atoms with van der Waals surface area (Å²) in [6, 6.07) is 1.76. The average molecular weight is 225 g/mol. The van der Waals surface area contributed by atoms with Crippen LogP contribution in [0.3, 0.4) is 0 Å². The minimum Gasteiger partial charge on any atom is -0.481 e. The van der Waals surface area contributed by atoms with Gasteiger partial charge in [0.15, 0.2) is 0 Å². The predicted molar refractivity (Wildman–Crippen MR) is 62.7 cm³/mol. The summed E-state index contributed by atoms with van der Waals surface area (Å²) in [5, 5.41) is 12.4. The van der Waals surface area contributed by atoms with Gasteiger partial charge in [-0.05, 0) is 20.3 Å². The molecule has 0 fully saturated rings. The zero-order chi connectivity index (χ0) is 12.2. The Morgan fingerprint density at radius 2 is 2.19 bits per heavy atom. The Hall–Kier alpha value is -1.36. The second kappa shape index (κ2) is 5.12. The maximum absolute atomic E-state index is 9.29. The molecule has 5 nitrogen and oxygen atoms in total. The van der Waals surface area contributed by atoms with E-state index in [1.54, 1.807) is 13.2 Å². The van der Waals surface area contributed by atoms with Gasteiger partial charge in [0, 0.05) is 11.8 Å². The van der Waals surface area contributed by atoms with E-state index in [2.05, 4.69) is 15.3 Å². The number of hydrogen-bond acceptors (Lipinski definition) is 5. The zero-order valence-corrected chi connectivity index (χ0v) is 10.2. The largest absolute Gasteiger partial charge is 0.481 e. The van der Waals surface area contributed by atoms with Crippen molar-refractivity contribution >= 4 is 5.95 Å². The molecule has 1 aromatic heterocycles. The summed E-state index contributed by atoms with van der Waals surface area (Å²) in [6.45, 7) is 5.82. The Labute approximate surface area is 95.9 Å². The van der Waals surface area contributed by atoms with Crippen LogP contribution in [0, 0.1) is 6.92 Å². The van der Waals surface area contributed by atoms with E-state index < -0.39 is 5.54 Å². The molecule has 90 valence electrons. The molecular weight excluding hydrogens is 206 g/mol. The Balaban J connectivity index is 2.92. The quantitative estimate of drug-likeness (QED) is 0.792. The summed E-state index contributed by atoms with van der Waals surface area (Å²) in [5.41, 5.74) is 0.421. The number of nitrogens with one attached hydrogen (secondary N) is 1. The Morgan fingerprint density at radius 3 is 2.69 bits per heavy atom. The van der Waals surface area contributed by atoms with Crippen LogP contribution in [0.25, 0.3) is 0 Å². The monoisotopic (exact) mass is 225 g/mol. The first-order valence-corrected chi connectivity index (χ1v) is 5.31. The first kappa shape index (κ1) is 12.7. The minimum atomic E-state index is -0.404. The number of anilines is 1. The fourth-order valence-corrected chi connectivity index (χ4v) is 1.21. The van der Waals surface area contributed by atoms with Crippen molar-refractivity contribution in [2.45, 2.75) is 32.7 Å². The minimum absolute atomic E-state index is 0.0309. The molecule has 1 aromatic rings. The summed E-state index contributed by atoms with van der Waals surface area (Å²) in [4.78, 5) is 8.43. The van der Waals surface area contributed by atoms with Crippen molar-refractivity contribution in [2.24, 2.45) is 0 Å². The van der Waals surface area contributed by atoms with E-state index in [0.717, 1.165) is 12.1 Å². The second-order valence-electron chi connectivity index (χ2n) is 4.07. The fraction of sp³-hybridized carbons (Fsp3) is 0.636. The maximum Gasteiger partial charge on any atom is 0.226 e. The van der Waals surface area contributed by atoms with Gasteiger partial charge in [-0.1, -0.05) is 6.92 Å². The lowest BCUT2D eigenvalue weighted by molar-refractivity contribution is 0.218. The van der Waals surface area contributed by atoms with Crippen LogP contribution < -0.4 is 10.1 Å². The highest BCUT2D eigenvalue weighted by Crippen LogP contribution is 2.17. The second-order valence-corrected chi connectivity index (χ2v) is 4.07. The molecular formula is C11H19N3O2. The molecule has 0 aromatic carbocycles. The van der Waals surface area contributed by atoms with Gasteiger partial charge in [-0.2, -0.15) is 4.98 Å². The van der Waals surface area contributed by atoms with Crippen molar-refractivity contribution in [1.82, 2.24) is 9.97 Å². The summed E-state index contributed by atoms with van der Waals surface area (Å²) >= 11 is 0. The van der Waals surface area contributed by atoms with E-state index in [4.69, 9.17) is 4.74 Å². The van der Waals surface area contributed by atoms with Crippen LogP contribution in [0.2, 0.25) is 0 Å². The van der Waals surface area contributed by atoms with Crippen molar-refractivity contribution < 1.29 is 9.84 Å². The van der Waals surface area contributed by atoms with E-state index in [0.29, 0.717) is 11.8 Å². The number of hydrogen-bond donors (Lipinski definition) is 2. The number of ether oxygens (including phenoxy) is 1. The van der Waals surface area contributed by atoms with Crippen molar-refractivity contribution in [2.75, 3.05) is 19.0 Å². The lowest BCUT2D eigenvalue weighted by Crippen LogP contribution is -2.38. The van der Waals surface area contributed by atoms with Gasteiger partial charge < -0.3 is 15.2 Å². The van der Waals surface area contributed by atoms with Gasteiger partial charge in [0.2, 0.25) is 11.8 Å². The topological polar surface area (TPSA) is 67.3 Å². The molecule has 0 aliphatic heterocycles. The third-order valence-corrected chi connectivity index (χ3v) is 2.58. The fourth-order valence-electron chi connectivity index (χ4n) is 1.21. The molecule has 0 spiro atoms. The van der Waals surface area contributed by atoms with Crippen LogP contribution >= 0.6 is 0 Å². The molecule has 16 heavy (non-hydrogen) atoms. The summed E-state index contributed by atoms with van der Waals surface area (Å²) in [7, 11) is 1.57. The number of methoxy groups -OCH3 is 1. The highest BCUT2D eigenvalue weighted by atomic mass is 16.5. The van der Waals surface area contributed by atoms with Crippen LogP contribution in [-0.2, 0) is 0 Å². The summed E-state index contributed by atoms with van der Waals surface area (Å²) in [5.74, 6) is 1.00. The molecule has 0 radical (unpaired) electrons. The van der Waals surface area contributed by atoms with Crippen molar-refractivity contribution in [3.63, 3.8) is 0 Å². The molecule has 5 heteroatoms. The Bertz CT molecular complexity index is 351. The lowest BCUT2D eigenvalue weighted by atomic mass is 10.0. The predicted octanol–water partition coefficient (Wildman–Crippen LogP) is 1.37. The molecule has 0 bridgehead atoms. The van der Waals surface area contributed by atoms with Gasteiger partial charge in [-0.15, -0.1) is 0 Å². The SMILES string of the molecule is CCC(C)(CO)Nc1nc(C)cc(OC)n1. The maximum atomic E-state index is 9.29. The molecule has 0 aliphatic rings. The lowest BCUT2D eigenvalue weighted by Gasteiger charge is -2.27. The van der Waals surface area contributed by atoms with Gasteiger partial charge >= 0.3 is 0 Å². The highest BCUT2D eigenvalue weighted by Gasteiger charge is 2.21. The first-order chi connectivity index (χ1) is 7.53. The standard InChI is InChI=1S/C11H19N3O2/c1-5-11(3,7-15)14-10-12-8(2)6-9(13-10)16-4/h6,15H,5,7H2,1-4H3,(H,12,13,14). The molecule has 2 N–H and O–H groups in total. The molecule has 1 atom stereocenters. The van der Waals surface area contributed by atoms with Crippen LogP contribution in [-0.4, -0.2) is 34.3 Å². The third kappa shape index (κ3) is 3.06. The molecule has 0 saturated heterocycles. The van der Waals surface area contributed by atoms with Crippen LogP contribution in [0.4, 0.5) is 5.95 Å². The molecule has 1 unspecified atom stereocenters. The van der Waals surface area contributed by atoms with E-state index in [-0.39, 0.29) is 6.61 Å². The molecule has 0 saturated carbocycles. The number of aliphatic hydroxyl groups excluding tert-OH is 1. The highest BCUT2D eigenvalue weighted by molar-refractivity contribution is 5.33. The average Bonchev–Trinajstić information content (AvgIpc) is 2.28. The molecule has 1 heterocycles. The van der Waals surface area contributed by atoms with Crippen LogP contribution in [0.5, 0.6) is 5.88 Å². The summed E-state index contributed by atoms with van der Waals surface area (Å²) < 4.78 is 5.06. The third-order valence-electron chi connectivity index (χ3n) is 2.58. The van der Waals surface area contributed by atoms with Crippen molar-refractivity contribution in [3.8, 4) is 5.88 Å². The Morgan fingerprint density at radius 1 is 1.50 bits per heavy atom. The van der Waals surface area contributed by atoms with Crippen molar-refractivity contribution in [3.05, 3.63) is 11.8 Å². The van der Waals surface area contributed by atoms with Crippen LogP contribution in [0.15, 0.2) is 6.07 Å². The zero-order valence-electron chi connectivity index (χ0n) is 10.2. The number of nitrogens with zero attached hydrogens (tertiary/aromatic N) is 2. The van der Waals surface area contributed by atoms with Gasteiger partial charge in [0.25, 0.3) is 0 Å². The first-order valence-electron chi connectivity index (χ1n) is 5.31. The number of aryl methyl sites for hydroxylation is 1. The molecule has 0 aliphatic carbocycles. The number of aliphatic hydroxyl groups is 1. The van der Waals surface area contributed by atoms with Crippen LogP contribution in [0.1, 0.15) is 26.0 Å². The number of rotatable bonds is 5. The van der Waals surface area contributed by atoms with Gasteiger partial charge in [0.1, 0.15) is 0 Å². The van der Waals surface area contributed by atoms with Gasteiger partial charge in [-0.25, -0.2) is 4.98 Å². The summed E-state index contributed by atoms with van der Waals surface area (Å²) in [6.07, 6.45) is 0.781. The van der Waals surface area contributed by atoms with Crippen molar-refractivity contribution in [1.29, 1.82) is 0 Å². The Kier molecular flexibility index (Phi) is 4.06. The van der Waals surface area contributed by atoms with Gasteiger partial charge in [0.05, 0.1) is 19.3 Å². The van der Waals surface area contributed by atoms with E-state index in [1.165, 1.54) is 0 Å².